The lowest BCUT2D eigenvalue weighted by atomic mass is 10.1. The minimum atomic E-state index is 0.120. The van der Waals surface area contributed by atoms with Gasteiger partial charge in [-0.25, -0.2) is 4.98 Å². The van der Waals surface area contributed by atoms with E-state index in [4.69, 9.17) is 16.9 Å². The number of hydrogen-bond donors (Lipinski definition) is 0. The summed E-state index contributed by atoms with van der Waals surface area (Å²) >= 11 is 6.04. The van der Waals surface area contributed by atoms with E-state index < -0.39 is 0 Å². The summed E-state index contributed by atoms with van der Waals surface area (Å²) in [6.45, 7) is 3.98. The molecule has 1 heterocycles. The quantitative estimate of drug-likeness (QED) is 0.852. The van der Waals surface area contributed by atoms with Crippen molar-refractivity contribution in [2.24, 2.45) is 0 Å². The molecule has 4 heteroatoms. The number of nitrogens with zero attached hydrogens (tertiary/aromatic N) is 3. The fourth-order valence-corrected chi connectivity index (χ4v) is 2.28. The highest BCUT2D eigenvalue weighted by Crippen LogP contribution is 2.26. The molecule has 0 saturated carbocycles. The molecule has 0 fully saturated rings. The molecule has 0 spiro atoms. The summed E-state index contributed by atoms with van der Waals surface area (Å²) < 4.78 is 0. The summed E-state index contributed by atoms with van der Waals surface area (Å²) in [5.74, 6) is 0.786. The van der Waals surface area contributed by atoms with Crippen LogP contribution in [0.15, 0.2) is 36.4 Å². The molecule has 2 aromatic rings. The zero-order valence-corrected chi connectivity index (χ0v) is 12.5. The van der Waals surface area contributed by atoms with Crippen molar-refractivity contribution in [3.8, 4) is 6.07 Å². The van der Waals surface area contributed by atoms with Crippen LogP contribution in [0.25, 0.3) is 0 Å². The van der Waals surface area contributed by atoms with Gasteiger partial charge in [-0.05, 0) is 43.7 Å². The van der Waals surface area contributed by atoms with Crippen molar-refractivity contribution in [3.05, 3.63) is 58.2 Å². The summed E-state index contributed by atoms with van der Waals surface area (Å²) in [5, 5.41) is 9.77. The number of nitriles is 1. The van der Waals surface area contributed by atoms with E-state index in [0.717, 1.165) is 22.1 Å². The summed E-state index contributed by atoms with van der Waals surface area (Å²) in [7, 11) is 1.97. The lowest BCUT2D eigenvalue weighted by Gasteiger charge is -2.27. The Kier molecular flexibility index (Phi) is 4.26. The number of aromatic nitrogens is 1. The van der Waals surface area contributed by atoms with Crippen LogP contribution in [0.4, 0.5) is 5.82 Å². The number of rotatable bonds is 3. The molecule has 0 amide bonds. The lowest BCUT2D eigenvalue weighted by molar-refractivity contribution is 0.727. The van der Waals surface area contributed by atoms with E-state index in [0.29, 0.717) is 5.56 Å². The highest BCUT2D eigenvalue weighted by atomic mass is 35.5. The SMILES string of the molecule is Cc1cc(C#N)cc(N(C)C(C)c2cccc(Cl)c2)n1. The molecule has 0 radical (unpaired) electrons. The van der Waals surface area contributed by atoms with Crippen LogP contribution in [0.2, 0.25) is 5.02 Å². The number of aryl methyl sites for hydroxylation is 1. The zero-order chi connectivity index (χ0) is 14.7. The monoisotopic (exact) mass is 285 g/mol. The van der Waals surface area contributed by atoms with Gasteiger partial charge in [0.25, 0.3) is 0 Å². The summed E-state index contributed by atoms with van der Waals surface area (Å²) in [6.07, 6.45) is 0. The Bertz CT molecular complexity index is 661. The second kappa shape index (κ2) is 5.94. The van der Waals surface area contributed by atoms with Gasteiger partial charge in [-0.2, -0.15) is 5.26 Å². The molecular formula is C16H16ClN3. The second-order valence-corrected chi connectivity index (χ2v) is 5.25. The standard InChI is InChI=1S/C16H16ClN3/c1-11-7-13(10-18)8-16(19-11)20(3)12(2)14-5-4-6-15(17)9-14/h4-9,12H,1-3H3. The van der Waals surface area contributed by atoms with Crippen LogP contribution in [0.5, 0.6) is 0 Å². The van der Waals surface area contributed by atoms with Crippen LogP contribution in [-0.4, -0.2) is 12.0 Å². The number of benzene rings is 1. The van der Waals surface area contributed by atoms with E-state index in [1.165, 1.54) is 0 Å². The molecule has 0 aliphatic heterocycles. The Morgan fingerprint density at radius 3 is 2.70 bits per heavy atom. The van der Waals surface area contributed by atoms with Gasteiger partial charge in [0.05, 0.1) is 17.7 Å². The molecule has 0 bridgehead atoms. The number of halogens is 1. The fraction of sp³-hybridized carbons (Fsp3) is 0.250. The molecule has 1 atom stereocenters. The van der Waals surface area contributed by atoms with Gasteiger partial charge in [0.15, 0.2) is 0 Å². The molecule has 1 aromatic heterocycles. The first-order chi connectivity index (χ1) is 9.51. The van der Waals surface area contributed by atoms with Crippen LogP contribution in [0, 0.1) is 18.3 Å². The maximum atomic E-state index is 9.05. The molecule has 0 aliphatic rings. The molecule has 1 unspecified atom stereocenters. The van der Waals surface area contributed by atoms with Crippen molar-refractivity contribution < 1.29 is 0 Å². The zero-order valence-electron chi connectivity index (χ0n) is 11.8. The molecule has 3 nitrogen and oxygen atoms in total. The first-order valence-corrected chi connectivity index (χ1v) is 6.76. The minimum absolute atomic E-state index is 0.120. The number of pyridine rings is 1. The Morgan fingerprint density at radius 1 is 1.30 bits per heavy atom. The van der Waals surface area contributed by atoms with E-state index in [9.17, 15) is 0 Å². The van der Waals surface area contributed by atoms with Gasteiger partial charge < -0.3 is 4.90 Å². The van der Waals surface area contributed by atoms with Crippen molar-refractivity contribution in [1.82, 2.24) is 4.98 Å². The predicted molar refractivity (Wildman–Crippen MR) is 82.0 cm³/mol. The normalized spacial score (nSPS) is 11.8. The fourth-order valence-electron chi connectivity index (χ4n) is 2.08. The first kappa shape index (κ1) is 14.4. The molecule has 102 valence electrons. The number of hydrogen-bond acceptors (Lipinski definition) is 3. The average molecular weight is 286 g/mol. The molecule has 1 aromatic carbocycles. The first-order valence-electron chi connectivity index (χ1n) is 6.38. The van der Waals surface area contributed by atoms with Gasteiger partial charge in [0.1, 0.15) is 5.82 Å². The third kappa shape index (κ3) is 3.09. The molecule has 0 N–H and O–H groups in total. The maximum absolute atomic E-state index is 9.05. The van der Waals surface area contributed by atoms with E-state index in [-0.39, 0.29) is 6.04 Å². The van der Waals surface area contributed by atoms with Crippen LogP contribution < -0.4 is 4.90 Å². The number of anilines is 1. The van der Waals surface area contributed by atoms with Crippen LogP contribution in [0.3, 0.4) is 0 Å². The molecule has 0 aliphatic carbocycles. The van der Waals surface area contributed by atoms with Gasteiger partial charge in [-0.1, -0.05) is 23.7 Å². The van der Waals surface area contributed by atoms with Gasteiger partial charge >= 0.3 is 0 Å². The molecule has 0 saturated heterocycles. The van der Waals surface area contributed by atoms with E-state index in [1.54, 1.807) is 12.1 Å². The Labute approximate surface area is 124 Å². The topological polar surface area (TPSA) is 39.9 Å². The minimum Gasteiger partial charge on any atom is -0.353 e. The van der Waals surface area contributed by atoms with Crippen molar-refractivity contribution in [2.75, 3.05) is 11.9 Å². The molecular weight excluding hydrogens is 270 g/mol. The largest absolute Gasteiger partial charge is 0.353 e. The Balaban J connectivity index is 2.33. The highest BCUT2D eigenvalue weighted by Gasteiger charge is 2.14. The van der Waals surface area contributed by atoms with E-state index >= 15 is 0 Å². The second-order valence-electron chi connectivity index (χ2n) is 4.81. The summed E-state index contributed by atoms with van der Waals surface area (Å²) in [6, 6.07) is 13.6. The van der Waals surface area contributed by atoms with Crippen molar-refractivity contribution in [1.29, 1.82) is 5.26 Å². The molecule has 20 heavy (non-hydrogen) atoms. The van der Waals surface area contributed by atoms with Gasteiger partial charge in [-0.3, -0.25) is 0 Å². The third-order valence-electron chi connectivity index (χ3n) is 3.34. The van der Waals surface area contributed by atoms with Gasteiger partial charge in [0, 0.05) is 17.8 Å². The van der Waals surface area contributed by atoms with E-state index in [1.807, 2.05) is 43.1 Å². The summed E-state index contributed by atoms with van der Waals surface area (Å²) in [4.78, 5) is 6.53. The highest BCUT2D eigenvalue weighted by molar-refractivity contribution is 6.30. The predicted octanol–water partition coefficient (Wildman–Crippen LogP) is 4.11. The van der Waals surface area contributed by atoms with E-state index in [2.05, 4.69) is 18.0 Å². The Hall–Kier alpha value is -2.05. The maximum Gasteiger partial charge on any atom is 0.130 e. The van der Waals surface area contributed by atoms with Crippen molar-refractivity contribution in [2.45, 2.75) is 19.9 Å². The van der Waals surface area contributed by atoms with Crippen LogP contribution in [0.1, 0.15) is 29.8 Å². The average Bonchev–Trinajstić information content (AvgIpc) is 2.45. The van der Waals surface area contributed by atoms with Crippen LogP contribution >= 0.6 is 11.6 Å². The van der Waals surface area contributed by atoms with Gasteiger partial charge in [-0.15, -0.1) is 0 Å². The molecule has 2 rings (SSSR count). The van der Waals surface area contributed by atoms with Gasteiger partial charge in [0.2, 0.25) is 0 Å². The Morgan fingerprint density at radius 2 is 2.05 bits per heavy atom. The van der Waals surface area contributed by atoms with Crippen LogP contribution in [-0.2, 0) is 0 Å². The third-order valence-corrected chi connectivity index (χ3v) is 3.58. The van der Waals surface area contributed by atoms with Crippen molar-refractivity contribution in [3.63, 3.8) is 0 Å². The lowest BCUT2D eigenvalue weighted by Crippen LogP contribution is -2.23. The van der Waals surface area contributed by atoms with Crippen molar-refractivity contribution >= 4 is 17.4 Å². The smallest absolute Gasteiger partial charge is 0.130 e. The summed E-state index contributed by atoms with van der Waals surface area (Å²) in [5.41, 5.74) is 2.57.